The Kier molecular flexibility index (Phi) is 6.16. The normalized spacial score (nSPS) is 18.2. The van der Waals surface area contributed by atoms with Crippen LogP contribution in [0.2, 0.25) is 0 Å². The molecule has 0 bridgehead atoms. The summed E-state index contributed by atoms with van der Waals surface area (Å²) in [6.07, 6.45) is 0.356. The molecule has 2 amide bonds. The Morgan fingerprint density at radius 2 is 2.43 bits per heavy atom. The minimum atomic E-state index is -0.146. The molecule has 2 heterocycles. The molecule has 0 radical (unpaired) electrons. The van der Waals surface area contributed by atoms with Crippen LogP contribution in [0.3, 0.4) is 0 Å². The number of morpholine rings is 1. The van der Waals surface area contributed by atoms with Crippen molar-refractivity contribution in [2.45, 2.75) is 19.0 Å². The van der Waals surface area contributed by atoms with E-state index in [1.54, 1.807) is 18.4 Å². The van der Waals surface area contributed by atoms with Gasteiger partial charge in [-0.3, -0.25) is 9.59 Å². The Balaban J connectivity index is 1.68. The summed E-state index contributed by atoms with van der Waals surface area (Å²) in [5.41, 5.74) is 0. The van der Waals surface area contributed by atoms with Gasteiger partial charge in [-0.15, -0.1) is 11.3 Å². The van der Waals surface area contributed by atoms with Crippen LogP contribution in [0.5, 0.6) is 0 Å². The number of amides is 2. The molecule has 6 nitrogen and oxygen atoms in total. The molecule has 0 aliphatic carbocycles. The number of nitrogens with zero attached hydrogens (tertiary/aromatic N) is 1. The van der Waals surface area contributed by atoms with E-state index in [2.05, 4.69) is 10.6 Å². The Bertz CT molecular complexity index is 458. The van der Waals surface area contributed by atoms with Crippen LogP contribution < -0.4 is 10.6 Å². The highest BCUT2D eigenvalue weighted by atomic mass is 32.1. The maximum absolute atomic E-state index is 12.0. The molecule has 1 fully saturated rings. The Hall–Kier alpha value is -1.44. The van der Waals surface area contributed by atoms with Crippen molar-refractivity contribution in [3.8, 4) is 0 Å². The molecule has 1 saturated heterocycles. The van der Waals surface area contributed by atoms with Gasteiger partial charge in [0.2, 0.25) is 11.8 Å². The van der Waals surface area contributed by atoms with Crippen LogP contribution in [0.1, 0.15) is 11.3 Å². The first-order chi connectivity index (χ1) is 10.1. The summed E-state index contributed by atoms with van der Waals surface area (Å²) in [7, 11) is 1.65. The van der Waals surface area contributed by atoms with E-state index in [1.807, 2.05) is 17.5 Å². The topological polar surface area (TPSA) is 70.7 Å². The second-order valence-electron chi connectivity index (χ2n) is 5.04. The van der Waals surface area contributed by atoms with Crippen LogP contribution >= 0.6 is 11.3 Å². The standard InChI is InChI=1S/C14H21N3O3S/c1-17(14(19)7-11-10-20-5-4-15-11)9-13(18)16-8-12-3-2-6-21-12/h2-3,6,11,15H,4-5,7-10H2,1H3,(H,16,18). The van der Waals surface area contributed by atoms with Gasteiger partial charge in [0, 0.05) is 30.9 Å². The van der Waals surface area contributed by atoms with Gasteiger partial charge in [-0.25, -0.2) is 0 Å². The van der Waals surface area contributed by atoms with Crippen LogP contribution in [0.4, 0.5) is 0 Å². The molecule has 1 aromatic rings. The van der Waals surface area contributed by atoms with Crippen LogP contribution in [0.15, 0.2) is 17.5 Å². The van der Waals surface area contributed by atoms with Crippen LogP contribution in [0.25, 0.3) is 0 Å². The van der Waals surface area contributed by atoms with Crippen molar-refractivity contribution < 1.29 is 14.3 Å². The predicted molar refractivity (Wildman–Crippen MR) is 81.0 cm³/mol. The third kappa shape index (κ3) is 5.45. The fraction of sp³-hybridized carbons (Fsp3) is 0.571. The summed E-state index contributed by atoms with van der Waals surface area (Å²) in [5.74, 6) is -0.198. The van der Waals surface area contributed by atoms with Crippen molar-refractivity contribution in [2.24, 2.45) is 0 Å². The maximum atomic E-state index is 12.0. The van der Waals surface area contributed by atoms with Gasteiger partial charge in [0.25, 0.3) is 0 Å². The van der Waals surface area contributed by atoms with Crippen LogP contribution in [0, 0.1) is 0 Å². The number of rotatable bonds is 6. The number of carbonyl (C=O) groups excluding carboxylic acids is 2. The molecule has 1 aliphatic rings. The molecule has 0 saturated carbocycles. The molecule has 1 unspecified atom stereocenters. The van der Waals surface area contributed by atoms with E-state index in [9.17, 15) is 9.59 Å². The highest BCUT2D eigenvalue weighted by Gasteiger charge is 2.20. The lowest BCUT2D eigenvalue weighted by molar-refractivity contribution is -0.135. The Labute approximate surface area is 128 Å². The van der Waals surface area contributed by atoms with Crippen molar-refractivity contribution in [2.75, 3.05) is 33.4 Å². The lowest BCUT2D eigenvalue weighted by Gasteiger charge is -2.25. The number of hydrogen-bond acceptors (Lipinski definition) is 5. The molecule has 21 heavy (non-hydrogen) atoms. The van der Waals surface area contributed by atoms with Crippen molar-refractivity contribution in [1.29, 1.82) is 0 Å². The maximum Gasteiger partial charge on any atom is 0.239 e. The SMILES string of the molecule is CN(CC(=O)NCc1cccs1)C(=O)CC1COCCN1. The summed E-state index contributed by atoms with van der Waals surface area (Å²) >= 11 is 1.60. The van der Waals surface area contributed by atoms with Gasteiger partial charge in [0.1, 0.15) is 0 Å². The zero-order chi connectivity index (χ0) is 15.1. The van der Waals surface area contributed by atoms with Crippen LogP contribution in [-0.4, -0.2) is 56.1 Å². The van der Waals surface area contributed by atoms with Gasteiger partial charge in [-0.1, -0.05) is 6.07 Å². The van der Waals surface area contributed by atoms with Crippen LogP contribution in [-0.2, 0) is 20.9 Å². The molecule has 1 atom stereocenters. The van der Waals surface area contributed by atoms with E-state index >= 15 is 0 Å². The van der Waals surface area contributed by atoms with Gasteiger partial charge in [0.15, 0.2) is 0 Å². The summed E-state index contributed by atoms with van der Waals surface area (Å²) in [4.78, 5) is 26.4. The smallest absolute Gasteiger partial charge is 0.239 e. The number of nitrogens with one attached hydrogen (secondary N) is 2. The second-order valence-corrected chi connectivity index (χ2v) is 6.07. The fourth-order valence-corrected chi connectivity index (χ4v) is 2.72. The number of ether oxygens (including phenoxy) is 1. The molecule has 1 aliphatic heterocycles. The average Bonchev–Trinajstić information content (AvgIpc) is 2.99. The lowest BCUT2D eigenvalue weighted by Crippen LogP contribution is -2.46. The molecule has 0 aromatic carbocycles. The van der Waals surface area contributed by atoms with Crippen molar-refractivity contribution >= 4 is 23.2 Å². The second kappa shape index (κ2) is 8.11. The number of thiophene rings is 1. The van der Waals surface area contributed by atoms with Gasteiger partial charge >= 0.3 is 0 Å². The highest BCUT2D eigenvalue weighted by Crippen LogP contribution is 2.07. The van der Waals surface area contributed by atoms with E-state index in [-0.39, 0.29) is 24.4 Å². The average molecular weight is 311 g/mol. The van der Waals surface area contributed by atoms with E-state index in [4.69, 9.17) is 4.74 Å². The molecular formula is C14H21N3O3S. The van der Waals surface area contributed by atoms with Gasteiger partial charge in [-0.05, 0) is 11.4 Å². The zero-order valence-electron chi connectivity index (χ0n) is 12.1. The number of carbonyl (C=O) groups is 2. The monoisotopic (exact) mass is 311 g/mol. The van der Waals surface area contributed by atoms with E-state index in [0.29, 0.717) is 26.2 Å². The lowest BCUT2D eigenvalue weighted by atomic mass is 10.2. The van der Waals surface area contributed by atoms with E-state index in [0.717, 1.165) is 11.4 Å². The summed E-state index contributed by atoms with van der Waals surface area (Å²) in [6, 6.07) is 3.96. The molecule has 116 valence electrons. The third-order valence-corrected chi connectivity index (χ3v) is 4.14. The molecule has 2 N–H and O–H groups in total. The minimum absolute atomic E-state index is 0.0443. The molecule has 2 rings (SSSR count). The first kappa shape index (κ1) is 15.9. The Morgan fingerprint density at radius 3 is 3.10 bits per heavy atom. The first-order valence-corrected chi connectivity index (χ1v) is 7.87. The van der Waals surface area contributed by atoms with E-state index < -0.39 is 0 Å². The third-order valence-electron chi connectivity index (χ3n) is 3.27. The Morgan fingerprint density at radius 1 is 1.57 bits per heavy atom. The number of hydrogen-bond donors (Lipinski definition) is 2. The summed E-state index contributed by atoms with van der Waals surface area (Å²) < 4.78 is 5.31. The summed E-state index contributed by atoms with van der Waals surface area (Å²) in [5, 5.41) is 8.01. The minimum Gasteiger partial charge on any atom is -0.378 e. The largest absolute Gasteiger partial charge is 0.378 e. The zero-order valence-corrected chi connectivity index (χ0v) is 12.9. The predicted octanol–water partition coefficient (Wildman–Crippen LogP) is 0.201. The number of likely N-dealkylation sites (N-methyl/N-ethyl adjacent to an activating group) is 1. The van der Waals surface area contributed by atoms with Gasteiger partial charge < -0.3 is 20.3 Å². The summed E-state index contributed by atoms with van der Waals surface area (Å²) in [6.45, 7) is 2.59. The molecule has 7 heteroatoms. The van der Waals surface area contributed by atoms with Crippen molar-refractivity contribution in [1.82, 2.24) is 15.5 Å². The van der Waals surface area contributed by atoms with Crippen molar-refractivity contribution in [3.63, 3.8) is 0 Å². The molecule has 1 aromatic heterocycles. The van der Waals surface area contributed by atoms with Gasteiger partial charge in [-0.2, -0.15) is 0 Å². The van der Waals surface area contributed by atoms with Crippen molar-refractivity contribution in [3.05, 3.63) is 22.4 Å². The highest BCUT2D eigenvalue weighted by molar-refractivity contribution is 7.09. The van der Waals surface area contributed by atoms with Gasteiger partial charge in [0.05, 0.1) is 26.3 Å². The van der Waals surface area contributed by atoms with E-state index in [1.165, 1.54) is 4.90 Å². The molecular weight excluding hydrogens is 290 g/mol. The first-order valence-electron chi connectivity index (χ1n) is 6.99. The molecule has 0 spiro atoms. The fourth-order valence-electron chi connectivity index (χ4n) is 2.08. The quantitative estimate of drug-likeness (QED) is 0.787.